The van der Waals surface area contributed by atoms with Gasteiger partial charge in [-0.2, -0.15) is 0 Å². The standard InChI is InChI=1S/C25H23FN4O6/c1-29(13-14-7-6-10-21(35-2)22(14)36-3)24(33)16-11-15(19(31)12-20(16)32)23-27-28-25(34)30(23)18-9-5-4-8-17(18)26/h4-12,31-32H,13H2,1-3H3,(H,28,34). The van der Waals surface area contributed by atoms with Gasteiger partial charge in [-0.3, -0.25) is 4.79 Å². The van der Waals surface area contributed by atoms with Gasteiger partial charge in [0.2, 0.25) is 0 Å². The number of hydrogen-bond acceptors (Lipinski definition) is 8. The molecule has 0 spiro atoms. The molecule has 4 rings (SSSR count). The van der Waals surface area contributed by atoms with E-state index in [4.69, 9.17) is 9.47 Å². The molecule has 0 radical (unpaired) electrons. The van der Waals surface area contributed by atoms with Gasteiger partial charge in [-0.25, -0.2) is 8.96 Å². The van der Waals surface area contributed by atoms with E-state index < -0.39 is 29.2 Å². The molecule has 3 N–H and O–H groups in total. The van der Waals surface area contributed by atoms with Gasteiger partial charge in [-0.1, -0.05) is 29.4 Å². The van der Waals surface area contributed by atoms with Crippen molar-refractivity contribution in [1.82, 2.24) is 19.7 Å². The van der Waals surface area contributed by atoms with Gasteiger partial charge in [0.1, 0.15) is 17.3 Å². The highest BCUT2D eigenvalue weighted by molar-refractivity contribution is 5.98. The summed E-state index contributed by atoms with van der Waals surface area (Å²) < 4.78 is 26.2. The lowest BCUT2D eigenvalue weighted by molar-refractivity contribution is 0.0781. The van der Waals surface area contributed by atoms with E-state index in [1.54, 1.807) is 24.3 Å². The first-order chi connectivity index (χ1) is 17.3. The van der Waals surface area contributed by atoms with Crippen LogP contribution in [0.4, 0.5) is 4.39 Å². The van der Waals surface area contributed by atoms with Crippen LogP contribution in [0.2, 0.25) is 0 Å². The summed E-state index contributed by atoms with van der Waals surface area (Å²) in [6, 6.07) is 12.4. The topological polar surface area (TPSA) is 130 Å². The van der Waals surface area contributed by atoms with E-state index >= 15 is 0 Å². The number of methoxy groups -OCH3 is 2. The van der Waals surface area contributed by atoms with Crippen LogP contribution in [0.15, 0.2) is 54.6 Å². The minimum atomic E-state index is -0.671. The number of phenols is 2. The lowest BCUT2D eigenvalue weighted by Crippen LogP contribution is -2.26. The largest absolute Gasteiger partial charge is 0.507 e. The second kappa shape index (κ2) is 9.82. The SMILES string of the molecule is COc1cccc(CN(C)C(=O)c2cc(-c3nnc(O)n3-c3ccccc3F)c(O)cc2O)c1OC. The van der Waals surface area contributed by atoms with Gasteiger partial charge in [-0.15, -0.1) is 5.10 Å². The average molecular weight is 494 g/mol. The van der Waals surface area contributed by atoms with Crippen molar-refractivity contribution in [2.24, 2.45) is 0 Å². The third kappa shape index (κ3) is 4.33. The van der Waals surface area contributed by atoms with Crippen LogP contribution in [0.25, 0.3) is 17.1 Å². The van der Waals surface area contributed by atoms with E-state index in [9.17, 15) is 24.5 Å². The summed E-state index contributed by atoms with van der Waals surface area (Å²) in [5.74, 6) is -1.36. The number of carbonyl (C=O) groups is 1. The number of nitrogens with zero attached hydrogens (tertiary/aromatic N) is 4. The molecule has 1 aromatic heterocycles. The Morgan fingerprint density at radius 2 is 1.75 bits per heavy atom. The van der Waals surface area contributed by atoms with Crippen molar-refractivity contribution in [3.05, 3.63) is 71.5 Å². The summed E-state index contributed by atoms with van der Waals surface area (Å²) in [4.78, 5) is 14.6. The molecule has 0 unspecified atom stereocenters. The number of para-hydroxylation sites is 2. The second-order valence-electron chi connectivity index (χ2n) is 7.81. The number of rotatable bonds is 7. The molecule has 0 aliphatic heterocycles. The molecule has 1 heterocycles. The number of aromatic nitrogens is 3. The van der Waals surface area contributed by atoms with E-state index in [0.29, 0.717) is 17.1 Å². The highest BCUT2D eigenvalue weighted by Crippen LogP contribution is 2.38. The fourth-order valence-corrected chi connectivity index (χ4v) is 3.84. The summed E-state index contributed by atoms with van der Waals surface area (Å²) in [6.07, 6.45) is 0. The number of ether oxygens (including phenoxy) is 2. The Kier molecular flexibility index (Phi) is 6.64. The van der Waals surface area contributed by atoms with Crippen molar-refractivity contribution in [3.63, 3.8) is 0 Å². The summed E-state index contributed by atoms with van der Waals surface area (Å²) in [5, 5.41) is 38.7. The number of aromatic hydroxyl groups is 3. The fraction of sp³-hybridized carbons (Fsp3) is 0.160. The zero-order chi connectivity index (χ0) is 26.0. The quantitative estimate of drug-likeness (QED) is 0.356. The van der Waals surface area contributed by atoms with E-state index in [1.807, 2.05) is 0 Å². The maximum atomic E-state index is 14.5. The van der Waals surface area contributed by atoms with Gasteiger partial charge in [0, 0.05) is 25.2 Å². The molecule has 3 aromatic carbocycles. The maximum absolute atomic E-state index is 14.5. The van der Waals surface area contributed by atoms with E-state index in [2.05, 4.69) is 10.2 Å². The van der Waals surface area contributed by atoms with Crippen LogP contribution in [0.1, 0.15) is 15.9 Å². The van der Waals surface area contributed by atoms with Crippen LogP contribution in [-0.4, -0.2) is 62.2 Å². The van der Waals surface area contributed by atoms with Crippen molar-refractivity contribution in [3.8, 4) is 46.1 Å². The number of phenolic OH excluding ortho intramolecular Hbond substituents is 2. The number of halogens is 1. The van der Waals surface area contributed by atoms with Crippen molar-refractivity contribution < 1.29 is 34.0 Å². The second-order valence-corrected chi connectivity index (χ2v) is 7.81. The summed E-state index contributed by atoms with van der Waals surface area (Å²) in [7, 11) is 4.52. The van der Waals surface area contributed by atoms with Crippen molar-refractivity contribution in [2.45, 2.75) is 6.54 Å². The predicted octanol–water partition coefficient (Wildman–Crippen LogP) is 3.48. The third-order valence-electron chi connectivity index (χ3n) is 5.56. The Labute approximate surface area is 205 Å². The van der Waals surface area contributed by atoms with Gasteiger partial charge in [0.25, 0.3) is 5.91 Å². The molecule has 0 saturated carbocycles. The zero-order valence-corrected chi connectivity index (χ0v) is 19.6. The Morgan fingerprint density at radius 1 is 1.00 bits per heavy atom. The van der Waals surface area contributed by atoms with Crippen LogP contribution >= 0.6 is 0 Å². The number of hydrogen-bond donors (Lipinski definition) is 3. The molecule has 11 heteroatoms. The van der Waals surface area contributed by atoms with Crippen molar-refractivity contribution in [1.29, 1.82) is 0 Å². The van der Waals surface area contributed by atoms with Crippen LogP contribution in [-0.2, 0) is 6.54 Å². The molecule has 36 heavy (non-hydrogen) atoms. The molecule has 0 aliphatic carbocycles. The summed E-state index contributed by atoms with van der Waals surface area (Å²) in [5.41, 5.74) is 0.377. The Morgan fingerprint density at radius 3 is 2.44 bits per heavy atom. The number of benzene rings is 3. The lowest BCUT2D eigenvalue weighted by atomic mass is 10.1. The average Bonchev–Trinajstić information content (AvgIpc) is 3.24. The van der Waals surface area contributed by atoms with Gasteiger partial charge < -0.3 is 29.7 Å². The first-order valence-electron chi connectivity index (χ1n) is 10.7. The van der Waals surface area contributed by atoms with Gasteiger partial charge in [0.05, 0.1) is 31.0 Å². The predicted molar refractivity (Wildman–Crippen MR) is 127 cm³/mol. The molecular formula is C25H23FN4O6. The number of carbonyl (C=O) groups excluding carboxylic acids is 1. The first kappa shape index (κ1) is 24.3. The molecule has 0 fully saturated rings. The zero-order valence-electron chi connectivity index (χ0n) is 19.6. The Balaban J connectivity index is 1.74. The van der Waals surface area contributed by atoms with E-state index in [1.165, 1.54) is 50.4 Å². The van der Waals surface area contributed by atoms with Crippen LogP contribution in [0.3, 0.4) is 0 Å². The van der Waals surface area contributed by atoms with Crippen LogP contribution < -0.4 is 9.47 Å². The minimum absolute atomic E-state index is 0.0560. The molecule has 0 atom stereocenters. The normalized spacial score (nSPS) is 10.8. The molecule has 0 saturated heterocycles. The molecule has 1 amide bonds. The summed E-state index contributed by atoms with van der Waals surface area (Å²) >= 11 is 0. The smallest absolute Gasteiger partial charge is 0.319 e. The fourth-order valence-electron chi connectivity index (χ4n) is 3.84. The van der Waals surface area contributed by atoms with Crippen molar-refractivity contribution in [2.75, 3.05) is 21.3 Å². The monoisotopic (exact) mass is 494 g/mol. The third-order valence-corrected chi connectivity index (χ3v) is 5.56. The number of amides is 1. The van der Waals surface area contributed by atoms with Gasteiger partial charge >= 0.3 is 6.01 Å². The van der Waals surface area contributed by atoms with E-state index in [-0.39, 0.29) is 29.2 Å². The molecule has 10 nitrogen and oxygen atoms in total. The maximum Gasteiger partial charge on any atom is 0.319 e. The highest BCUT2D eigenvalue weighted by atomic mass is 19.1. The van der Waals surface area contributed by atoms with Gasteiger partial charge in [0.15, 0.2) is 17.3 Å². The van der Waals surface area contributed by atoms with Crippen molar-refractivity contribution >= 4 is 5.91 Å². The Bertz CT molecular complexity index is 1440. The molecule has 4 aromatic rings. The van der Waals surface area contributed by atoms with E-state index in [0.717, 1.165) is 10.6 Å². The first-order valence-corrected chi connectivity index (χ1v) is 10.7. The molecule has 0 aliphatic rings. The molecule has 186 valence electrons. The molecular weight excluding hydrogens is 471 g/mol. The highest BCUT2D eigenvalue weighted by Gasteiger charge is 2.25. The minimum Gasteiger partial charge on any atom is -0.507 e. The van der Waals surface area contributed by atoms with Crippen LogP contribution in [0, 0.1) is 5.82 Å². The lowest BCUT2D eigenvalue weighted by Gasteiger charge is -2.21. The summed E-state index contributed by atoms with van der Waals surface area (Å²) in [6.45, 7) is 0.112. The van der Waals surface area contributed by atoms with Gasteiger partial charge in [-0.05, 0) is 24.3 Å². The Hall–Kier alpha value is -4.80. The van der Waals surface area contributed by atoms with Crippen LogP contribution in [0.5, 0.6) is 29.0 Å². The molecule has 0 bridgehead atoms.